The second-order valence-electron chi connectivity index (χ2n) is 3.77. The maximum Gasteiger partial charge on any atom is 0.147 e. The second kappa shape index (κ2) is 3.74. The number of rotatable bonds is 1. The Bertz CT molecular complexity index is 447. The number of hydrogen-bond acceptors (Lipinski definition) is 3. The maximum atomic E-state index is 9.11. The molecule has 0 saturated heterocycles. The van der Waals surface area contributed by atoms with Gasteiger partial charge >= 0.3 is 0 Å². The van der Waals surface area contributed by atoms with Crippen molar-refractivity contribution in [3.63, 3.8) is 0 Å². The van der Waals surface area contributed by atoms with Gasteiger partial charge in [-0.3, -0.25) is 0 Å². The number of nitrogens with zero attached hydrogens (tertiary/aromatic N) is 3. The Hall–Kier alpha value is -1.82. The van der Waals surface area contributed by atoms with Gasteiger partial charge in [-0.05, 0) is 25.5 Å². The summed E-state index contributed by atoms with van der Waals surface area (Å²) in [6.07, 6.45) is 4.20. The lowest BCUT2D eigenvalue weighted by molar-refractivity contribution is 0.949. The number of pyridine rings is 1. The zero-order chi connectivity index (χ0) is 10.8. The average Bonchev–Trinajstić information content (AvgIpc) is 2.69. The second-order valence-corrected chi connectivity index (χ2v) is 3.77. The molecule has 2 heterocycles. The molecule has 0 unspecified atom stereocenters. The molecule has 0 fully saturated rings. The minimum absolute atomic E-state index is 0.698. The first-order chi connectivity index (χ1) is 7.22. The Morgan fingerprint density at radius 1 is 1.33 bits per heavy atom. The van der Waals surface area contributed by atoms with Gasteiger partial charge in [0.1, 0.15) is 11.9 Å². The van der Waals surface area contributed by atoms with Crippen LogP contribution >= 0.6 is 0 Å². The van der Waals surface area contributed by atoms with Crippen molar-refractivity contribution < 1.29 is 0 Å². The van der Waals surface area contributed by atoms with Crippen LogP contribution < -0.4 is 4.90 Å². The fourth-order valence-electron chi connectivity index (χ4n) is 1.84. The molecule has 0 saturated carbocycles. The molecule has 1 aromatic heterocycles. The van der Waals surface area contributed by atoms with Crippen molar-refractivity contribution in [2.75, 3.05) is 18.0 Å². The minimum atomic E-state index is 0.698. The van der Waals surface area contributed by atoms with Crippen molar-refractivity contribution in [3.05, 3.63) is 35.0 Å². The Morgan fingerprint density at radius 3 is 2.60 bits per heavy atom. The molecule has 3 heteroatoms. The van der Waals surface area contributed by atoms with E-state index < -0.39 is 0 Å². The van der Waals surface area contributed by atoms with Crippen molar-refractivity contribution >= 4 is 5.82 Å². The van der Waals surface area contributed by atoms with Crippen LogP contribution in [0, 0.1) is 25.2 Å². The summed E-state index contributed by atoms with van der Waals surface area (Å²) in [6, 6.07) is 4.19. The van der Waals surface area contributed by atoms with Gasteiger partial charge in [-0.2, -0.15) is 5.26 Å². The quantitative estimate of drug-likeness (QED) is 0.649. The summed E-state index contributed by atoms with van der Waals surface area (Å²) in [5.41, 5.74) is 2.67. The lowest BCUT2D eigenvalue weighted by atomic mass is 10.1. The lowest BCUT2D eigenvalue weighted by Gasteiger charge is -2.19. The molecule has 0 aromatic carbocycles. The first kappa shape index (κ1) is 9.72. The van der Waals surface area contributed by atoms with E-state index in [1.165, 1.54) is 0 Å². The van der Waals surface area contributed by atoms with Gasteiger partial charge in [0.25, 0.3) is 0 Å². The fourth-order valence-corrected chi connectivity index (χ4v) is 1.84. The molecule has 1 aromatic rings. The maximum absolute atomic E-state index is 9.11. The van der Waals surface area contributed by atoms with Crippen molar-refractivity contribution in [2.45, 2.75) is 13.8 Å². The molecule has 0 atom stereocenters. The van der Waals surface area contributed by atoms with Crippen LogP contribution in [0.15, 0.2) is 18.2 Å². The molecule has 3 nitrogen and oxygen atoms in total. The Balaban J connectivity index is 2.49. The van der Waals surface area contributed by atoms with Gasteiger partial charge in [0.05, 0.1) is 5.56 Å². The average molecular weight is 199 g/mol. The highest BCUT2D eigenvalue weighted by atomic mass is 15.2. The summed E-state index contributed by atoms with van der Waals surface area (Å²) in [4.78, 5) is 6.56. The van der Waals surface area contributed by atoms with Crippen LogP contribution in [0.4, 0.5) is 5.82 Å². The molecule has 1 aliphatic heterocycles. The standard InChI is InChI=1S/C12H13N3/c1-9-7-10(2)14-12(11(9)8-13)15-5-3-4-6-15/h3-4,7H,5-6H2,1-2H3. The third-order valence-electron chi connectivity index (χ3n) is 2.56. The Morgan fingerprint density at radius 2 is 2.00 bits per heavy atom. The molecule has 0 aliphatic carbocycles. The van der Waals surface area contributed by atoms with E-state index in [2.05, 4.69) is 28.1 Å². The van der Waals surface area contributed by atoms with E-state index in [9.17, 15) is 0 Å². The van der Waals surface area contributed by atoms with E-state index >= 15 is 0 Å². The van der Waals surface area contributed by atoms with Gasteiger partial charge in [0.2, 0.25) is 0 Å². The smallest absolute Gasteiger partial charge is 0.147 e. The van der Waals surface area contributed by atoms with Gasteiger partial charge < -0.3 is 4.90 Å². The molecule has 0 spiro atoms. The van der Waals surface area contributed by atoms with Gasteiger partial charge in [0.15, 0.2) is 0 Å². The third kappa shape index (κ3) is 1.71. The van der Waals surface area contributed by atoms with E-state index in [4.69, 9.17) is 5.26 Å². The van der Waals surface area contributed by atoms with Crippen LogP contribution in [0.25, 0.3) is 0 Å². The van der Waals surface area contributed by atoms with Gasteiger partial charge in [0, 0.05) is 18.8 Å². The Kier molecular flexibility index (Phi) is 2.42. The predicted octanol–water partition coefficient (Wildman–Crippen LogP) is 1.95. The molecule has 76 valence electrons. The van der Waals surface area contributed by atoms with Crippen LogP contribution in [-0.2, 0) is 0 Å². The van der Waals surface area contributed by atoms with E-state index in [0.717, 1.165) is 30.2 Å². The fraction of sp³-hybridized carbons (Fsp3) is 0.333. The van der Waals surface area contributed by atoms with E-state index in [1.807, 2.05) is 19.9 Å². The highest BCUT2D eigenvalue weighted by molar-refractivity contribution is 5.59. The number of aromatic nitrogens is 1. The summed E-state index contributed by atoms with van der Waals surface area (Å²) < 4.78 is 0. The van der Waals surface area contributed by atoms with E-state index in [-0.39, 0.29) is 0 Å². The van der Waals surface area contributed by atoms with Gasteiger partial charge in [-0.25, -0.2) is 4.98 Å². The molecule has 0 amide bonds. The molecule has 15 heavy (non-hydrogen) atoms. The molecular formula is C12H13N3. The molecular weight excluding hydrogens is 186 g/mol. The highest BCUT2D eigenvalue weighted by Gasteiger charge is 2.15. The third-order valence-corrected chi connectivity index (χ3v) is 2.56. The van der Waals surface area contributed by atoms with Crippen LogP contribution in [0.2, 0.25) is 0 Å². The number of hydrogen-bond donors (Lipinski definition) is 0. The topological polar surface area (TPSA) is 39.9 Å². The zero-order valence-corrected chi connectivity index (χ0v) is 8.99. The van der Waals surface area contributed by atoms with Crippen molar-refractivity contribution in [3.8, 4) is 6.07 Å². The summed E-state index contributed by atoms with van der Waals surface area (Å²) in [6.45, 7) is 5.62. The number of nitriles is 1. The van der Waals surface area contributed by atoms with E-state index in [0.29, 0.717) is 5.56 Å². The SMILES string of the molecule is Cc1cc(C)c(C#N)c(N2CC=CC2)n1. The molecule has 1 aliphatic rings. The lowest BCUT2D eigenvalue weighted by Crippen LogP contribution is -2.21. The molecule has 0 radical (unpaired) electrons. The van der Waals surface area contributed by atoms with Crippen molar-refractivity contribution in [1.29, 1.82) is 5.26 Å². The minimum Gasteiger partial charge on any atom is -0.348 e. The molecule has 0 N–H and O–H groups in total. The molecule has 0 bridgehead atoms. The summed E-state index contributed by atoms with van der Waals surface area (Å²) >= 11 is 0. The van der Waals surface area contributed by atoms with Crippen LogP contribution in [0.5, 0.6) is 0 Å². The monoisotopic (exact) mass is 199 g/mol. The number of anilines is 1. The van der Waals surface area contributed by atoms with Gasteiger partial charge in [-0.15, -0.1) is 0 Å². The van der Waals surface area contributed by atoms with E-state index in [1.54, 1.807) is 0 Å². The highest BCUT2D eigenvalue weighted by Crippen LogP contribution is 2.22. The zero-order valence-electron chi connectivity index (χ0n) is 8.99. The van der Waals surface area contributed by atoms with Crippen LogP contribution in [0.1, 0.15) is 16.8 Å². The van der Waals surface area contributed by atoms with Crippen LogP contribution in [0.3, 0.4) is 0 Å². The summed E-state index contributed by atoms with van der Waals surface area (Å²) in [5.74, 6) is 0.819. The van der Waals surface area contributed by atoms with Crippen LogP contribution in [-0.4, -0.2) is 18.1 Å². The Labute approximate surface area is 89.7 Å². The largest absolute Gasteiger partial charge is 0.348 e. The predicted molar refractivity (Wildman–Crippen MR) is 59.8 cm³/mol. The summed E-state index contributed by atoms with van der Waals surface area (Å²) in [5, 5.41) is 9.11. The van der Waals surface area contributed by atoms with Crippen molar-refractivity contribution in [1.82, 2.24) is 4.98 Å². The molecule has 2 rings (SSSR count). The number of aryl methyl sites for hydroxylation is 2. The first-order valence-corrected chi connectivity index (χ1v) is 5.00. The van der Waals surface area contributed by atoms with Gasteiger partial charge in [-0.1, -0.05) is 12.2 Å². The summed E-state index contributed by atoms with van der Waals surface area (Å²) in [7, 11) is 0. The first-order valence-electron chi connectivity index (χ1n) is 5.00. The normalized spacial score (nSPS) is 14.3. The van der Waals surface area contributed by atoms with Crippen molar-refractivity contribution in [2.24, 2.45) is 0 Å².